The minimum atomic E-state index is -3.03. The Labute approximate surface area is 68.6 Å². The zero-order valence-electron chi connectivity index (χ0n) is 6.37. The van der Waals surface area contributed by atoms with E-state index in [0.717, 1.165) is 17.7 Å². The first-order chi connectivity index (χ1) is 5.70. The van der Waals surface area contributed by atoms with Gasteiger partial charge in [0, 0.05) is 12.7 Å². The summed E-state index contributed by atoms with van der Waals surface area (Å²) in [6.45, 7) is -2.59. The average Bonchev–Trinajstić information content (AvgIpc) is 2.05. The summed E-state index contributed by atoms with van der Waals surface area (Å²) in [6, 6.07) is 0. The molecule has 0 aromatic rings. The van der Waals surface area contributed by atoms with E-state index in [1.54, 1.807) is 6.08 Å². The molecular formula is C7H9F2NO2. The summed E-state index contributed by atoms with van der Waals surface area (Å²) in [5.74, 6) is 0. The van der Waals surface area contributed by atoms with Crippen molar-refractivity contribution in [1.82, 2.24) is 4.90 Å². The van der Waals surface area contributed by atoms with E-state index in [1.165, 1.54) is 6.20 Å². The van der Waals surface area contributed by atoms with Crippen LogP contribution >= 0.6 is 0 Å². The number of amides is 1. The molecule has 12 heavy (non-hydrogen) atoms. The zero-order valence-corrected chi connectivity index (χ0v) is 6.37. The monoisotopic (exact) mass is 177 g/mol. The SMILES string of the molecule is O=C(OC(F)F)N1C=CCCC1. The van der Waals surface area contributed by atoms with Gasteiger partial charge < -0.3 is 4.74 Å². The van der Waals surface area contributed by atoms with Gasteiger partial charge in [-0.15, -0.1) is 0 Å². The molecule has 1 rings (SSSR count). The Morgan fingerprint density at radius 3 is 2.83 bits per heavy atom. The van der Waals surface area contributed by atoms with E-state index in [0.29, 0.717) is 6.54 Å². The molecule has 5 heteroatoms. The Morgan fingerprint density at radius 2 is 2.33 bits per heavy atom. The molecule has 3 nitrogen and oxygen atoms in total. The molecule has 0 bridgehead atoms. The van der Waals surface area contributed by atoms with Crippen molar-refractivity contribution in [3.05, 3.63) is 12.3 Å². The van der Waals surface area contributed by atoms with E-state index in [4.69, 9.17) is 0 Å². The predicted octanol–water partition coefficient (Wildman–Crippen LogP) is 1.96. The van der Waals surface area contributed by atoms with Crippen LogP contribution in [0.2, 0.25) is 0 Å². The van der Waals surface area contributed by atoms with Crippen molar-refractivity contribution in [2.75, 3.05) is 6.54 Å². The van der Waals surface area contributed by atoms with Gasteiger partial charge in [-0.05, 0) is 12.8 Å². The third-order valence-corrected chi connectivity index (χ3v) is 1.48. The van der Waals surface area contributed by atoms with Crippen LogP contribution in [0.15, 0.2) is 12.3 Å². The molecule has 1 amide bonds. The fourth-order valence-corrected chi connectivity index (χ4v) is 0.952. The van der Waals surface area contributed by atoms with Crippen LogP contribution < -0.4 is 0 Å². The fraction of sp³-hybridized carbons (Fsp3) is 0.571. The first kappa shape index (κ1) is 8.96. The summed E-state index contributed by atoms with van der Waals surface area (Å²) >= 11 is 0. The number of halogens is 2. The fourth-order valence-electron chi connectivity index (χ4n) is 0.952. The van der Waals surface area contributed by atoms with Gasteiger partial charge in [-0.25, -0.2) is 4.79 Å². The molecule has 0 fully saturated rings. The first-order valence-corrected chi connectivity index (χ1v) is 3.62. The Morgan fingerprint density at radius 1 is 1.58 bits per heavy atom. The molecule has 0 N–H and O–H groups in total. The topological polar surface area (TPSA) is 29.5 Å². The van der Waals surface area contributed by atoms with Gasteiger partial charge in [-0.1, -0.05) is 6.08 Å². The van der Waals surface area contributed by atoms with Gasteiger partial charge in [0.2, 0.25) is 0 Å². The second-order valence-corrected chi connectivity index (χ2v) is 2.36. The smallest absolute Gasteiger partial charge is 0.386 e. The molecule has 1 aliphatic heterocycles. The number of ether oxygens (including phenoxy) is 1. The Bertz CT molecular complexity index is 194. The molecule has 0 saturated carbocycles. The van der Waals surface area contributed by atoms with Crippen LogP contribution in [0.1, 0.15) is 12.8 Å². The Kier molecular flexibility index (Phi) is 3.01. The molecular weight excluding hydrogens is 168 g/mol. The van der Waals surface area contributed by atoms with Crippen molar-refractivity contribution in [3.63, 3.8) is 0 Å². The van der Waals surface area contributed by atoms with Crippen molar-refractivity contribution >= 4 is 6.09 Å². The minimum absolute atomic E-state index is 0.446. The van der Waals surface area contributed by atoms with E-state index in [1.807, 2.05) is 0 Å². The normalized spacial score (nSPS) is 16.8. The van der Waals surface area contributed by atoms with Crippen LogP contribution in [0, 0.1) is 0 Å². The lowest BCUT2D eigenvalue weighted by Gasteiger charge is -2.19. The van der Waals surface area contributed by atoms with E-state index in [9.17, 15) is 13.6 Å². The van der Waals surface area contributed by atoms with Crippen LogP contribution in [0.4, 0.5) is 13.6 Å². The van der Waals surface area contributed by atoms with Crippen molar-refractivity contribution in [2.45, 2.75) is 19.5 Å². The maximum absolute atomic E-state index is 11.5. The quantitative estimate of drug-likeness (QED) is 0.612. The molecule has 0 unspecified atom stereocenters. The summed E-state index contributed by atoms with van der Waals surface area (Å²) in [5.41, 5.74) is 0. The van der Waals surface area contributed by atoms with Crippen LogP contribution in [0.5, 0.6) is 0 Å². The first-order valence-electron chi connectivity index (χ1n) is 3.62. The molecule has 0 spiro atoms. The predicted molar refractivity (Wildman–Crippen MR) is 37.6 cm³/mol. The Hall–Kier alpha value is -1.13. The lowest BCUT2D eigenvalue weighted by molar-refractivity contribution is -0.0893. The summed E-state index contributed by atoms with van der Waals surface area (Å²) < 4.78 is 26.8. The number of allylic oxidation sites excluding steroid dienone is 1. The molecule has 0 aromatic heterocycles. The highest BCUT2D eigenvalue weighted by molar-refractivity contribution is 5.69. The zero-order chi connectivity index (χ0) is 8.97. The molecule has 68 valence electrons. The molecule has 0 atom stereocenters. The van der Waals surface area contributed by atoms with E-state index < -0.39 is 12.7 Å². The summed E-state index contributed by atoms with van der Waals surface area (Å²) in [4.78, 5) is 11.9. The summed E-state index contributed by atoms with van der Waals surface area (Å²) in [6.07, 6.45) is 3.89. The highest BCUT2D eigenvalue weighted by Crippen LogP contribution is 2.08. The summed E-state index contributed by atoms with van der Waals surface area (Å²) in [7, 11) is 0. The van der Waals surface area contributed by atoms with Crippen LogP contribution in [-0.4, -0.2) is 24.1 Å². The van der Waals surface area contributed by atoms with Crippen LogP contribution in [0.3, 0.4) is 0 Å². The highest BCUT2D eigenvalue weighted by Gasteiger charge is 2.17. The number of hydrogen-bond acceptors (Lipinski definition) is 2. The molecule has 0 aliphatic carbocycles. The number of hydrogen-bond donors (Lipinski definition) is 0. The minimum Gasteiger partial charge on any atom is -0.386 e. The highest BCUT2D eigenvalue weighted by atomic mass is 19.3. The van der Waals surface area contributed by atoms with Crippen molar-refractivity contribution in [1.29, 1.82) is 0 Å². The lowest BCUT2D eigenvalue weighted by atomic mass is 10.2. The number of carbonyl (C=O) groups is 1. The second-order valence-electron chi connectivity index (χ2n) is 2.36. The van der Waals surface area contributed by atoms with Gasteiger partial charge in [0.15, 0.2) is 0 Å². The molecule has 0 aromatic carbocycles. The average molecular weight is 177 g/mol. The number of carbonyl (C=O) groups excluding carboxylic acids is 1. The van der Waals surface area contributed by atoms with Crippen molar-refractivity contribution in [3.8, 4) is 0 Å². The van der Waals surface area contributed by atoms with Crippen LogP contribution in [-0.2, 0) is 4.74 Å². The third kappa shape index (κ3) is 2.48. The largest absolute Gasteiger partial charge is 0.418 e. The van der Waals surface area contributed by atoms with Crippen LogP contribution in [0.25, 0.3) is 0 Å². The molecule has 0 saturated heterocycles. The second kappa shape index (κ2) is 4.04. The molecule has 1 heterocycles. The van der Waals surface area contributed by atoms with Crippen molar-refractivity contribution < 1.29 is 18.3 Å². The van der Waals surface area contributed by atoms with E-state index in [-0.39, 0.29) is 0 Å². The number of nitrogens with zero attached hydrogens (tertiary/aromatic N) is 1. The van der Waals surface area contributed by atoms with E-state index >= 15 is 0 Å². The lowest BCUT2D eigenvalue weighted by Crippen LogP contribution is -2.30. The molecule has 1 aliphatic rings. The standard InChI is InChI=1S/C7H9F2NO2/c8-6(9)12-7(11)10-4-2-1-3-5-10/h2,4,6H,1,3,5H2. The third-order valence-electron chi connectivity index (χ3n) is 1.48. The molecule has 0 radical (unpaired) electrons. The number of alkyl halides is 2. The van der Waals surface area contributed by atoms with Gasteiger partial charge in [0.25, 0.3) is 0 Å². The van der Waals surface area contributed by atoms with Crippen molar-refractivity contribution in [2.24, 2.45) is 0 Å². The van der Waals surface area contributed by atoms with Gasteiger partial charge in [0.1, 0.15) is 0 Å². The summed E-state index contributed by atoms with van der Waals surface area (Å²) in [5, 5.41) is 0. The van der Waals surface area contributed by atoms with Gasteiger partial charge in [0.05, 0.1) is 0 Å². The Balaban J connectivity index is 2.40. The number of rotatable bonds is 1. The van der Waals surface area contributed by atoms with Gasteiger partial charge >= 0.3 is 12.7 Å². The van der Waals surface area contributed by atoms with Gasteiger partial charge in [-0.3, -0.25) is 4.90 Å². The maximum Gasteiger partial charge on any atom is 0.418 e. The van der Waals surface area contributed by atoms with Gasteiger partial charge in [-0.2, -0.15) is 8.78 Å². The van der Waals surface area contributed by atoms with E-state index in [2.05, 4.69) is 4.74 Å². The maximum atomic E-state index is 11.5.